The molecule has 1 aromatic heterocycles. The number of benzene rings is 3. The molecule has 0 unspecified atom stereocenters. The van der Waals surface area contributed by atoms with Gasteiger partial charge in [-0.3, -0.25) is 10.1 Å². The summed E-state index contributed by atoms with van der Waals surface area (Å²) in [5, 5.41) is 4.60. The van der Waals surface area contributed by atoms with Crippen molar-refractivity contribution in [1.29, 1.82) is 0 Å². The average molecular weight is 458 g/mol. The Kier molecular flexibility index (Phi) is 5.95. The highest BCUT2D eigenvalue weighted by atomic mass is 32.1. The molecule has 0 saturated carbocycles. The van der Waals surface area contributed by atoms with Gasteiger partial charge in [0.1, 0.15) is 0 Å². The highest BCUT2D eigenvalue weighted by Crippen LogP contribution is 2.30. The third kappa shape index (κ3) is 4.54. The van der Waals surface area contributed by atoms with Crippen molar-refractivity contribution in [2.45, 2.75) is 13.0 Å². The molecule has 3 aromatic carbocycles. The average Bonchev–Trinajstić information content (AvgIpc) is 3.49. The summed E-state index contributed by atoms with van der Waals surface area (Å²) in [6.45, 7) is 1.86. The van der Waals surface area contributed by atoms with E-state index in [2.05, 4.69) is 28.5 Å². The van der Waals surface area contributed by atoms with Crippen LogP contribution >= 0.6 is 12.2 Å². The number of H-pyrrole nitrogens is 1. The lowest BCUT2D eigenvalue weighted by atomic mass is 10.0. The SMILES string of the molecule is O=C(NC(=S)N1CCc2c([nH]c3ccccc23)C1)c1ccccc1.c1ccc2c(c1)OCO2. The number of ether oxygens (including phenoxy) is 2. The number of fused-ring (bicyclic) bond motifs is 4. The van der Waals surface area contributed by atoms with Gasteiger partial charge in [-0.15, -0.1) is 0 Å². The molecule has 0 fully saturated rings. The van der Waals surface area contributed by atoms with Crippen LogP contribution in [0.15, 0.2) is 78.9 Å². The van der Waals surface area contributed by atoms with Crippen LogP contribution in [0.3, 0.4) is 0 Å². The number of aromatic amines is 1. The molecular formula is C26H23N3O3S. The van der Waals surface area contributed by atoms with Gasteiger partial charge in [-0.2, -0.15) is 0 Å². The van der Waals surface area contributed by atoms with Crippen molar-refractivity contribution in [3.63, 3.8) is 0 Å². The van der Waals surface area contributed by atoms with Crippen molar-refractivity contribution < 1.29 is 14.3 Å². The Hall–Kier alpha value is -3.84. The predicted molar refractivity (Wildman–Crippen MR) is 131 cm³/mol. The standard InChI is InChI=1S/C19H17N3OS.C7H6O2/c23-18(13-6-2-1-3-7-13)21-19(24)22-11-10-15-14-8-4-5-9-16(14)20-17(15)12-22;1-2-4-7-6(3-1)8-5-9-7/h1-9,20H,10-12H2,(H,21,23,24);1-4H,5H2. The fourth-order valence-corrected chi connectivity index (χ4v) is 4.30. The number of amides is 1. The molecule has 6 nitrogen and oxygen atoms in total. The number of rotatable bonds is 1. The van der Waals surface area contributed by atoms with Gasteiger partial charge in [0, 0.05) is 28.7 Å². The van der Waals surface area contributed by atoms with Gasteiger partial charge < -0.3 is 19.4 Å². The molecule has 0 atom stereocenters. The summed E-state index contributed by atoms with van der Waals surface area (Å²) in [6.07, 6.45) is 0.917. The second kappa shape index (κ2) is 9.34. The Bertz CT molecular complexity index is 1280. The molecule has 2 aliphatic heterocycles. The maximum absolute atomic E-state index is 12.3. The Morgan fingerprint density at radius 1 is 0.909 bits per heavy atom. The number of aromatic nitrogens is 1. The third-order valence-corrected chi connectivity index (χ3v) is 6.06. The lowest BCUT2D eigenvalue weighted by molar-refractivity contribution is 0.0972. The van der Waals surface area contributed by atoms with Crippen molar-refractivity contribution in [3.8, 4) is 11.5 Å². The highest BCUT2D eigenvalue weighted by Gasteiger charge is 2.23. The minimum Gasteiger partial charge on any atom is -0.454 e. The number of nitrogens with one attached hydrogen (secondary N) is 2. The van der Waals surface area contributed by atoms with Crippen LogP contribution in [-0.4, -0.2) is 34.2 Å². The van der Waals surface area contributed by atoms with Crippen LogP contribution in [-0.2, 0) is 13.0 Å². The Labute approximate surface area is 197 Å². The van der Waals surface area contributed by atoms with Crippen molar-refractivity contribution in [1.82, 2.24) is 15.2 Å². The summed E-state index contributed by atoms with van der Waals surface area (Å²) in [7, 11) is 0. The summed E-state index contributed by atoms with van der Waals surface area (Å²) in [5.74, 6) is 1.53. The van der Waals surface area contributed by atoms with Crippen LogP contribution in [0.1, 0.15) is 21.6 Å². The number of nitrogens with zero attached hydrogens (tertiary/aromatic N) is 1. The largest absolute Gasteiger partial charge is 0.454 e. The molecule has 0 aliphatic carbocycles. The Morgan fingerprint density at radius 3 is 2.33 bits per heavy atom. The first-order chi connectivity index (χ1) is 16.2. The molecule has 0 spiro atoms. The van der Waals surface area contributed by atoms with Crippen molar-refractivity contribution in [3.05, 3.63) is 95.7 Å². The fourth-order valence-electron chi connectivity index (χ4n) is 4.05. The Morgan fingerprint density at radius 2 is 1.58 bits per heavy atom. The van der Waals surface area contributed by atoms with Crippen LogP contribution in [0.2, 0.25) is 0 Å². The normalized spacial score (nSPS) is 13.6. The molecule has 166 valence electrons. The summed E-state index contributed by atoms with van der Waals surface area (Å²) < 4.78 is 10.2. The van der Waals surface area contributed by atoms with E-state index in [4.69, 9.17) is 21.7 Å². The van der Waals surface area contributed by atoms with Crippen LogP contribution in [0.25, 0.3) is 10.9 Å². The summed E-state index contributed by atoms with van der Waals surface area (Å²) in [4.78, 5) is 17.8. The number of carbonyl (C=O) groups excluding carboxylic acids is 1. The summed E-state index contributed by atoms with van der Waals surface area (Å²) in [6, 6.07) is 25.1. The molecular weight excluding hydrogens is 434 g/mol. The van der Waals surface area contributed by atoms with Crippen molar-refractivity contribution >= 4 is 34.1 Å². The quantitative estimate of drug-likeness (QED) is 0.407. The van der Waals surface area contributed by atoms with Gasteiger partial charge in [-0.1, -0.05) is 48.5 Å². The van der Waals surface area contributed by atoms with E-state index in [1.165, 1.54) is 16.6 Å². The topological polar surface area (TPSA) is 66.6 Å². The highest BCUT2D eigenvalue weighted by molar-refractivity contribution is 7.80. The maximum atomic E-state index is 12.3. The van der Waals surface area contributed by atoms with Crippen molar-refractivity contribution in [2.75, 3.05) is 13.3 Å². The van der Waals surface area contributed by atoms with Crippen molar-refractivity contribution in [2.24, 2.45) is 0 Å². The molecule has 3 heterocycles. The first-order valence-electron chi connectivity index (χ1n) is 10.8. The van der Waals surface area contributed by atoms with E-state index in [9.17, 15) is 4.79 Å². The molecule has 2 N–H and O–H groups in total. The maximum Gasteiger partial charge on any atom is 0.257 e. The van der Waals surface area contributed by atoms with E-state index in [1.807, 2.05) is 53.4 Å². The summed E-state index contributed by atoms with van der Waals surface area (Å²) in [5.41, 5.74) is 4.31. The molecule has 33 heavy (non-hydrogen) atoms. The van der Waals surface area contributed by atoms with Gasteiger partial charge in [0.2, 0.25) is 6.79 Å². The minimum atomic E-state index is -0.164. The number of hydrogen-bond donors (Lipinski definition) is 2. The Balaban J connectivity index is 0.000000211. The van der Waals surface area contributed by atoms with E-state index < -0.39 is 0 Å². The van der Waals surface area contributed by atoms with Crippen LogP contribution < -0.4 is 14.8 Å². The molecule has 6 rings (SSSR count). The summed E-state index contributed by atoms with van der Waals surface area (Å²) >= 11 is 5.44. The van der Waals surface area contributed by atoms with E-state index in [1.54, 1.807) is 12.1 Å². The van der Waals surface area contributed by atoms with Gasteiger partial charge in [0.15, 0.2) is 16.6 Å². The van der Waals surface area contributed by atoms with Crippen LogP contribution in [0.4, 0.5) is 0 Å². The zero-order chi connectivity index (χ0) is 22.6. The van der Waals surface area contributed by atoms with E-state index in [0.29, 0.717) is 24.0 Å². The van der Waals surface area contributed by atoms with Gasteiger partial charge in [0.05, 0.1) is 6.54 Å². The number of hydrogen-bond acceptors (Lipinski definition) is 4. The van der Waals surface area contributed by atoms with Gasteiger partial charge in [0.25, 0.3) is 5.91 Å². The molecule has 0 radical (unpaired) electrons. The molecule has 2 aliphatic rings. The number of para-hydroxylation sites is 3. The van der Waals surface area contributed by atoms with Crippen LogP contribution in [0, 0.1) is 0 Å². The number of thiocarbonyl (C=S) groups is 1. The second-order valence-electron chi connectivity index (χ2n) is 7.78. The smallest absolute Gasteiger partial charge is 0.257 e. The molecule has 7 heteroatoms. The zero-order valence-electron chi connectivity index (χ0n) is 17.9. The lowest BCUT2D eigenvalue weighted by Gasteiger charge is -2.29. The van der Waals surface area contributed by atoms with E-state index in [0.717, 1.165) is 30.0 Å². The molecule has 1 amide bonds. The zero-order valence-corrected chi connectivity index (χ0v) is 18.7. The molecule has 4 aromatic rings. The third-order valence-electron chi connectivity index (χ3n) is 5.70. The van der Waals surface area contributed by atoms with E-state index >= 15 is 0 Å². The first-order valence-corrected chi connectivity index (χ1v) is 11.2. The lowest BCUT2D eigenvalue weighted by Crippen LogP contribution is -2.44. The predicted octanol–water partition coefficient (Wildman–Crippen LogP) is 4.66. The van der Waals surface area contributed by atoms with Gasteiger partial charge >= 0.3 is 0 Å². The first kappa shape index (κ1) is 21.0. The molecule has 0 bridgehead atoms. The van der Waals surface area contributed by atoms with E-state index in [-0.39, 0.29) is 5.91 Å². The second-order valence-corrected chi connectivity index (χ2v) is 8.16. The number of carbonyl (C=O) groups is 1. The monoisotopic (exact) mass is 457 g/mol. The fraction of sp³-hybridized carbons (Fsp3) is 0.154. The van der Waals surface area contributed by atoms with Gasteiger partial charge in [-0.05, 0) is 54.5 Å². The minimum absolute atomic E-state index is 0.164. The van der Waals surface area contributed by atoms with Gasteiger partial charge in [-0.25, -0.2) is 0 Å². The molecule has 0 saturated heterocycles. The van der Waals surface area contributed by atoms with Crippen LogP contribution in [0.5, 0.6) is 11.5 Å².